The molecular weight excluding hydrogens is 262 g/mol. The quantitative estimate of drug-likeness (QED) is 0.876. The molecule has 2 aromatic rings. The molecule has 21 heavy (non-hydrogen) atoms. The lowest BCUT2D eigenvalue weighted by atomic mass is 10.0. The average molecular weight is 283 g/mol. The van der Waals surface area contributed by atoms with Gasteiger partial charge < -0.3 is 15.4 Å². The van der Waals surface area contributed by atoms with E-state index in [1.165, 1.54) is 16.3 Å². The SMILES string of the molecule is COCC1=CCN(c2ncc(CN)c3ccccc23)CC1. The van der Waals surface area contributed by atoms with E-state index in [1.54, 1.807) is 7.11 Å². The van der Waals surface area contributed by atoms with Crippen LogP contribution in [0.25, 0.3) is 10.8 Å². The van der Waals surface area contributed by atoms with Crippen LogP contribution in [0.15, 0.2) is 42.1 Å². The van der Waals surface area contributed by atoms with Gasteiger partial charge in [-0.05, 0) is 22.9 Å². The van der Waals surface area contributed by atoms with Crippen molar-refractivity contribution < 1.29 is 4.74 Å². The van der Waals surface area contributed by atoms with Crippen molar-refractivity contribution in [2.45, 2.75) is 13.0 Å². The minimum Gasteiger partial charge on any atom is -0.380 e. The Hall–Kier alpha value is -1.91. The maximum Gasteiger partial charge on any atom is 0.136 e. The van der Waals surface area contributed by atoms with Crippen LogP contribution in [0.3, 0.4) is 0 Å². The number of hydrogen-bond acceptors (Lipinski definition) is 4. The summed E-state index contributed by atoms with van der Waals surface area (Å²) in [5.41, 5.74) is 8.29. The van der Waals surface area contributed by atoms with E-state index in [2.05, 4.69) is 40.2 Å². The van der Waals surface area contributed by atoms with E-state index in [-0.39, 0.29) is 0 Å². The van der Waals surface area contributed by atoms with Gasteiger partial charge in [0.2, 0.25) is 0 Å². The molecule has 0 saturated carbocycles. The van der Waals surface area contributed by atoms with Crippen LogP contribution in [0.4, 0.5) is 5.82 Å². The van der Waals surface area contributed by atoms with E-state index < -0.39 is 0 Å². The van der Waals surface area contributed by atoms with Gasteiger partial charge in [-0.3, -0.25) is 0 Å². The van der Waals surface area contributed by atoms with Crippen LogP contribution in [0.2, 0.25) is 0 Å². The highest BCUT2D eigenvalue weighted by Gasteiger charge is 2.16. The minimum absolute atomic E-state index is 0.520. The third kappa shape index (κ3) is 2.77. The van der Waals surface area contributed by atoms with E-state index in [9.17, 15) is 0 Å². The van der Waals surface area contributed by atoms with Gasteiger partial charge in [-0.2, -0.15) is 0 Å². The Morgan fingerprint density at radius 2 is 2.10 bits per heavy atom. The van der Waals surface area contributed by atoms with Gasteiger partial charge in [0, 0.05) is 38.3 Å². The molecule has 1 aromatic heterocycles. The molecule has 1 aromatic carbocycles. The zero-order valence-corrected chi connectivity index (χ0v) is 12.4. The standard InChI is InChI=1S/C17H21N3O/c1-21-12-13-6-8-20(9-7-13)17-16-5-3-2-4-15(16)14(10-18)11-19-17/h2-6,11H,7-10,12,18H2,1H3. The first-order valence-corrected chi connectivity index (χ1v) is 7.32. The summed E-state index contributed by atoms with van der Waals surface area (Å²) in [6.45, 7) is 3.12. The van der Waals surface area contributed by atoms with E-state index in [1.807, 2.05) is 6.20 Å². The summed E-state index contributed by atoms with van der Waals surface area (Å²) >= 11 is 0. The third-order valence-electron chi connectivity index (χ3n) is 4.01. The maximum absolute atomic E-state index is 5.82. The molecular formula is C17H21N3O. The van der Waals surface area contributed by atoms with E-state index in [0.717, 1.165) is 37.5 Å². The van der Waals surface area contributed by atoms with Crippen molar-refractivity contribution in [2.24, 2.45) is 5.73 Å². The van der Waals surface area contributed by atoms with Crippen molar-refractivity contribution in [3.8, 4) is 0 Å². The second kappa shape index (κ2) is 6.24. The van der Waals surface area contributed by atoms with Crippen molar-refractivity contribution in [1.82, 2.24) is 4.98 Å². The first-order valence-electron chi connectivity index (χ1n) is 7.32. The van der Waals surface area contributed by atoms with E-state index in [4.69, 9.17) is 10.5 Å². The first kappa shape index (κ1) is 14.0. The van der Waals surface area contributed by atoms with Crippen LogP contribution < -0.4 is 10.6 Å². The zero-order valence-electron chi connectivity index (χ0n) is 12.4. The number of nitrogens with zero attached hydrogens (tertiary/aromatic N) is 2. The fourth-order valence-corrected chi connectivity index (χ4v) is 2.87. The molecule has 2 heterocycles. The number of ether oxygens (including phenoxy) is 1. The van der Waals surface area contributed by atoms with Gasteiger partial charge in [0.25, 0.3) is 0 Å². The minimum atomic E-state index is 0.520. The number of anilines is 1. The van der Waals surface area contributed by atoms with Gasteiger partial charge in [-0.1, -0.05) is 30.3 Å². The van der Waals surface area contributed by atoms with Crippen LogP contribution in [-0.2, 0) is 11.3 Å². The molecule has 4 heteroatoms. The van der Waals surface area contributed by atoms with Crippen LogP contribution >= 0.6 is 0 Å². The largest absolute Gasteiger partial charge is 0.380 e. The smallest absolute Gasteiger partial charge is 0.136 e. The number of methoxy groups -OCH3 is 1. The monoisotopic (exact) mass is 283 g/mol. The van der Waals surface area contributed by atoms with E-state index >= 15 is 0 Å². The van der Waals surface area contributed by atoms with Gasteiger partial charge in [0.1, 0.15) is 5.82 Å². The Kier molecular flexibility index (Phi) is 4.18. The number of fused-ring (bicyclic) bond motifs is 1. The van der Waals surface area contributed by atoms with Crippen molar-refractivity contribution in [2.75, 3.05) is 31.7 Å². The van der Waals surface area contributed by atoms with Gasteiger partial charge in [-0.15, -0.1) is 0 Å². The number of aromatic nitrogens is 1. The molecule has 110 valence electrons. The summed E-state index contributed by atoms with van der Waals surface area (Å²) in [7, 11) is 1.74. The van der Waals surface area contributed by atoms with E-state index in [0.29, 0.717) is 6.54 Å². The van der Waals surface area contributed by atoms with Crippen molar-refractivity contribution in [1.29, 1.82) is 0 Å². The van der Waals surface area contributed by atoms with Crippen molar-refractivity contribution in [3.63, 3.8) is 0 Å². The summed E-state index contributed by atoms with van der Waals surface area (Å²) in [5, 5.41) is 2.39. The fraction of sp³-hybridized carbons (Fsp3) is 0.353. The van der Waals surface area contributed by atoms with Gasteiger partial charge >= 0.3 is 0 Å². The normalized spacial score (nSPS) is 15.3. The molecule has 1 aliphatic rings. The number of hydrogen-bond donors (Lipinski definition) is 1. The topological polar surface area (TPSA) is 51.4 Å². The van der Waals surface area contributed by atoms with Crippen LogP contribution in [0, 0.1) is 0 Å². The zero-order chi connectivity index (χ0) is 14.7. The fourth-order valence-electron chi connectivity index (χ4n) is 2.87. The predicted octanol–water partition coefficient (Wildman–Crippen LogP) is 2.48. The van der Waals surface area contributed by atoms with Gasteiger partial charge in [0.05, 0.1) is 6.61 Å². The summed E-state index contributed by atoms with van der Waals surface area (Å²) in [6, 6.07) is 8.37. The molecule has 4 nitrogen and oxygen atoms in total. The highest BCUT2D eigenvalue weighted by molar-refractivity contribution is 5.94. The number of pyridine rings is 1. The van der Waals surface area contributed by atoms with Crippen molar-refractivity contribution in [3.05, 3.63) is 47.7 Å². The molecule has 0 fully saturated rings. The molecule has 0 radical (unpaired) electrons. The highest BCUT2D eigenvalue weighted by Crippen LogP contribution is 2.28. The number of nitrogens with two attached hydrogens (primary N) is 1. The molecule has 0 atom stereocenters. The molecule has 0 unspecified atom stereocenters. The summed E-state index contributed by atoms with van der Waals surface area (Å²) < 4.78 is 5.21. The molecule has 0 bridgehead atoms. The molecule has 0 saturated heterocycles. The summed E-state index contributed by atoms with van der Waals surface area (Å²) in [6.07, 6.45) is 5.19. The third-order valence-corrected chi connectivity index (χ3v) is 4.01. The molecule has 0 amide bonds. The second-order valence-corrected chi connectivity index (χ2v) is 5.35. The van der Waals surface area contributed by atoms with Gasteiger partial charge in [0.15, 0.2) is 0 Å². The Bertz CT molecular complexity index is 666. The Balaban J connectivity index is 1.95. The van der Waals surface area contributed by atoms with Crippen LogP contribution in [0.5, 0.6) is 0 Å². The molecule has 0 aliphatic carbocycles. The second-order valence-electron chi connectivity index (χ2n) is 5.35. The van der Waals surface area contributed by atoms with Gasteiger partial charge in [-0.25, -0.2) is 4.98 Å². The molecule has 1 aliphatic heterocycles. The number of benzene rings is 1. The Labute approximate surface area is 125 Å². The maximum atomic E-state index is 5.82. The molecule has 3 rings (SSSR count). The lowest BCUT2D eigenvalue weighted by Gasteiger charge is -2.28. The molecule has 2 N–H and O–H groups in total. The first-order chi connectivity index (χ1) is 10.3. The van der Waals surface area contributed by atoms with Crippen LogP contribution in [-0.4, -0.2) is 31.8 Å². The number of rotatable bonds is 4. The average Bonchev–Trinajstić information content (AvgIpc) is 2.55. The molecule has 0 spiro atoms. The summed E-state index contributed by atoms with van der Waals surface area (Å²) in [4.78, 5) is 6.98. The van der Waals surface area contributed by atoms with Crippen molar-refractivity contribution >= 4 is 16.6 Å². The predicted molar refractivity (Wildman–Crippen MR) is 86.4 cm³/mol. The Morgan fingerprint density at radius 1 is 1.29 bits per heavy atom. The Morgan fingerprint density at radius 3 is 2.76 bits per heavy atom. The van der Waals surface area contributed by atoms with Crippen LogP contribution in [0.1, 0.15) is 12.0 Å². The highest BCUT2D eigenvalue weighted by atomic mass is 16.5. The summed E-state index contributed by atoms with van der Waals surface area (Å²) in [5.74, 6) is 1.05. The lowest BCUT2D eigenvalue weighted by molar-refractivity contribution is 0.222. The lowest BCUT2D eigenvalue weighted by Crippen LogP contribution is -2.30.